The number of ketones is 1. The number of hydrogen-bond acceptors (Lipinski definition) is 5. The van der Waals surface area contributed by atoms with Gasteiger partial charge in [0.15, 0.2) is 5.78 Å². The molecule has 0 saturated heterocycles. The Kier molecular flexibility index (Phi) is 8.40. The summed E-state index contributed by atoms with van der Waals surface area (Å²) in [6.45, 7) is 0.149. The number of aliphatic carboxylic acids is 1. The van der Waals surface area contributed by atoms with Crippen molar-refractivity contribution < 1.29 is 19.5 Å². The van der Waals surface area contributed by atoms with Crippen LogP contribution in [0.3, 0.4) is 0 Å². The zero-order chi connectivity index (χ0) is 23.8. The van der Waals surface area contributed by atoms with Gasteiger partial charge in [-0.3, -0.25) is 9.59 Å². The number of benzene rings is 2. The third kappa shape index (κ3) is 7.03. The third-order valence-electron chi connectivity index (χ3n) is 4.79. The van der Waals surface area contributed by atoms with Crippen molar-refractivity contribution in [2.75, 3.05) is 11.9 Å². The molecular formula is C24H21Cl2N3O4. The molecule has 3 aromatic rings. The van der Waals surface area contributed by atoms with Crippen LogP contribution in [0.2, 0.25) is 10.0 Å². The van der Waals surface area contributed by atoms with Crippen LogP contribution in [-0.4, -0.2) is 40.3 Å². The van der Waals surface area contributed by atoms with E-state index in [2.05, 4.69) is 15.6 Å². The number of nitrogens with one attached hydrogen (secondary N) is 2. The Hall–Kier alpha value is -3.42. The first-order chi connectivity index (χ1) is 15.8. The molecule has 1 unspecified atom stereocenters. The second kappa shape index (κ2) is 11.4. The molecule has 1 aromatic heterocycles. The molecule has 0 bridgehead atoms. The fourth-order valence-corrected chi connectivity index (χ4v) is 3.69. The second-order valence-electron chi connectivity index (χ2n) is 7.27. The van der Waals surface area contributed by atoms with Gasteiger partial charge in [0.1, 0.15) is 11.9 Å². The second-order valence-corrected chi connectivity index (χ2v) is 8.08. The highest BCUT2D eigenvalue weighted by molar-refractivity contribution is 6.39. The number of amides is 1. The monoisotopic (exact) mass is 485 g/mol. The van der Waals surface area contributed by atoms with Crippen molar-refractivity contribution in [3.8, 4) is 0 Å². The van der Waals surface area contributed by atoms with Crippen LogP contribution in [0.15, 0.2) is 66.9 Å². The van der Waals surface area contributed by atoms with Crippen LogP contribution in [-0.2, 0) is 22.4 Å². The van der Waals surface area contributed by atoms with Gasteiger partial charge in [-0.25, -0.2) is 9.78 Å². The number of rotatable bonds is 10. The Morgan fingerprint density at radius 2 is 1.58 bits per heavy atom. The number of hydrogen-bond donors (Lipinski definition) is 3. The van der Waals surface area contributed by atoms with Gasteiger partial charge in [0.05, 0.1) is 22.2 Å². The van der Waals surface area contributed by atoms with Crippen molar-refractivity contribution in [1.82, 2.24) is 10.3 Å². The number of aromatic nitrogens is 1. The zero-order valence-electron chi connectivity index (χ0n) is 17.4. The van der Waals surface area contributed by atoms with Crippen molar-refractivity contribution in [3.63, 3.8) is 0 Å². The van der Waals surface area contributed by atoms with E-state index in [1.165, 1.54) is 12.1 Å². The molecule has 0 aliphatic rings. The predicted molar refractivity (Wildman–Crippen MR) is 127 cm³/mol. The first-order valence-corrected chi connectivity index (χ1v) is 10.8. The minimum Gasteiger partial charge on any atom is -0.480 e. The Bertz CT molecular complexity index is 1120. The van der Waals surface area contributed by atoms with Gasteiger partial charge in [-0.2, -0.15) is 0 Å². The van der Waals surface area contributed by atoms with Crippen LogP contribution < -0.4 is 10.6 Å². The summed E-state index contributed by atoms with van der Waals surface area (Å²) in [6.07, 6.45) is 1.92. The Morgan fingerprint density at radius 3 is 2.18 bits per heavy atom. The molecule has 2 aromatic carbocycles. The number of pyridine rings is 1. The molecule has 3 N–H and O–H groups in total. The van der Waals surface area contributed by atoms with Gasteiger partial charge in [0.2, 0.25) is 0 Å². The fourth-order valence-electron chi connectivity index (χ4n) is 3.12. The molecule has 1 amide bonds. The average Bonchev–Trinajstić information content (AvgIpc) is 2.79. The lowest BCUT2D eigenvalue weighted by Crippen LogP contribution is -2.42. The van der Waals surface area contributed by atoms with Gasteiger partial charge in [-0.1, -0.05) is 59.6 Å². The molecule has 0 aliphatic carbocycles. The van der Waals surface area contributed by atoms with Crippen molar-refractivity contribution in [2.24, 2.45) is 0 Å². The summed E-state index contributed by atoms with van der Waals surface area (Å²) in [5, 5.41) is 15.3. The number of Topliss-reactive ketones (excluding diaryl/α,β-unsaturated/α-hetero) is 1. The first-order valence-electron chi connectivity index (χ1n) is 10.1. The first kappa shape index (κ1) is 24.2. The van der Waals surface area contributed by atoms with Gasteiger partial charge >= 0.3 is 5.97 Å². The highest BCUT2D eigenvalue weighted by Crippen LogP contribution is 2.24. The van der Waals surface area contributed by atoms with Crippen molar-refractivity contribution in [1.29, 1.82) is 0 Å². The molecule has 3 rings (SSSR count). The topological polar surface area (TPSA) is 108 Å². The van der Waals surface area contributed by atoms with Crippen LogP contribution in [0.5, 0.6) is 0 Å². The summed E-state index contributed by atoms with van der Waals surface area (Å²) >= 11 is 12.1. The van der Waals surface area contributed by atoms with Gasteiger partial charge in [-0.05, 0) is 35.4 Å². The highest BCUT2D eigenvalue weighted by Gasteiger charge is 2.23. The Balaban J connectivity index is 1.58. The van der Waals surface area contributed by atoms with Crippen LogP contribution in [0.25, 0.3) is 0 Å². The highest BCUT2D eigenvalue weighted by atomic mass is 35.5. The maximum absolute atomic E-state index is 12.5. The van der Waals surface area contributed by atoms with E-state index in [0.29, 0.717) is 11.4 Å². The number of halogens is 2. The minimum atomic E-state index is -1.19. The van der Waals surface area contributed by atoms with E-state index in [0.717, 1.165) is 5.56 Å². The van der Waals surface area contributed by atoms with E-state index >= 15 is 0 Å². The minimum absolute atomic E-state index is 0.0132. The van der Waals surface area contributed by atoms with E-state index in [1.54, 1.807) is 48.7 Å². The molecule has 0 spiro atoms. The summed E-state index contributed by atoms with van der Waals surface area (Å²) in [4.78, 5) is 40.6. The SMILES string of the molecule is O=C(CNc1ccccn1)Cc1ccc(CC(NC(=O)c2c(Cl)cccc2Cl)C(=O)O)cc1. The lowest BCUT2D eigenvalue weighted by atomic mass is 10.0. The molecule has 0 fully saturated rings. The number of carboxylic acid groups (broad SMARTS) is 1. The van der Waals surface area contributed by atoms with Crippen molar-refractivity contribution in [2.45, 2.75) is 18.9 Å². The summed E-state index contributed by atoms with van der Waals surface area (Å²) in [7, 11) is 0. The molecule has 0 aliphatic heterocycles. The summed E-state index contributed by atoms with van der Waals surface area (Å²) < 4.78 is 0. The molecule has 7 nitrogen and oxygen atoms in total. The van der Waals surface area contributed by atoms with Crippen LogP contribution in [0, 0.1) is 0 Å². The summed E-state index contributed by atoms with van der Waals surface area (Å²) in [6, 6.07) is 15.8. The quantitative estimate of drug-likeness (QED) is 0.399. The zero-order valence-corrected chi connectivity index (χ0v) is 18.9. The average molecular weight is 486 g/mol. The Labute approximate surface area is 200 Å². The van der Waals surface area contributed by atoms with E-state index in [4.69, 9.17) is 23.2 Å². The molecule has 1 atom stereocenters. The maximum Gasteiger partial charge on any atom is 0.326 e. The smallest absolute Gasteiger partial charge is 0.326 e. The normalized spacial score (nSPS) is 11.5. The van der Waals surface area contributed by atoms with E-state index in [9.17, 15) is 19.5 Å². The predicted octanol–water partition coefficient (Wildman–Crippen LogP) is 4.04. The lowest BCUT2D eigenvalue weighted by Gasteiger charge is -2.16. The largest absolute Gasteiger partial charge is 0.480 e. The van der Waals surface area contributed by atoms with E-state index in [1.807, 2.05) is 6.07 Å². The molecule has 0 saturated carbocycles. The number of carboxylic acids is 1. The maximum atomic E-state index is 12.5. The van der Waals surface area contributed by atoms with Crippen LogP contribution in [0.4, 0.5) is 5.82 Å². The number of nitrogens with zero attached hydrogens (tertiary/aromatic N) is 1. The van der Waals surface area contributed by atoms with E-state index < -0.39 is 17.9 Å². The summed E-state index contributed by atoms with van der Waals surface area (Å²) in [5.74, 6) is -1.24. The number of carbonyl (C=O) groups excluding carboxylic acids is 2. The van der Waals surface area contributed by atoms with E-state index in [-0.39, 0.29) is 40.8 Å². The fraction of sp³-hybridized carbons (Fsp3) is 0.167. The number of anilines is 1. The standard InChI is InChI=1S/C24H21Cl2N3O4/c25-18-4-3-5-19(26)22(18)23(31)29-20(24(32)33)13-16-9-7-15(8-10-16)12-17(30)14-28-21-6-1-2-11-27-21/h1-11,20H,12-14H2,(H,27,28)(H,29,31)(H,32,33). The molecular weight excluding hydrogens is 465 g/mol. The van der Waals surface area contributed by atoms with Gasteiger partial charge < -0.3 is 15.7 Å². The van der Waals surface area contributed by atoms with Crippen LogP contribution >= 0.6 is 23.2 Å². The molecule has 33 heavy (non-hydrogen) atoms. The molecule has 1 heterocycles. The van der Waals surface area contributed by atoms with Gasteiger partial charge in [-0.15, -0.1) is 0 Å². The van der Waals surface area contributed by atoms with Crippen molar-refractivity contribution in [3.05, 3.63) is 93.6 Å². The van der Waals surface area contributed by atoms with Gasteiger partial charge in [0.25, 0.3) is 5.91 Å². The lowest BCUT2D eigenvalue weighted by molar-refractivity contribution is -0.139. The molecule has 0 radical (unpaired) electrons. The Morgan fingerprint density at radius 1 is 0.909 bits per heavy atom. The number of carbonyl (C=O) groups is 3. The third-order valence-corrected chi connectivity index (χ3v) is 5.42. The van der Waals surface area contributed by atoms with Crippen molar-refractivity contribution >= 4 is 46.7 Å². The summed E-state index contributed by atoms with van der Waals surface area (Å²) in [5.41, 5.74) is 1.52. The molecule has 170 valence electrons. The van der Waals surface area contributed by atoms with Gasteiger partial charge in [0, 0.05) is 19.0 Å². The van der Waals surface area contributed by atoms with Crippen LogP contribution in [0.1, 0.15) is 21.5 Å². The molecule has 9 heteroatoms.